The molecule has 0 unspecified atom stereocenters. The lowest BCUT2D eigenvalue weighted by Gasteiger charge is -2.57. The maximum Gasteiger partial charge on any atom is 0.155 e. The summed E-state index contributed by atoms with van der Waals surface area (Å²) in [6, 6.07) is 0. The Balaban J connectivity index is 1.72. The molecule has 0 aromatic carbocycles. The summed E-state index contributed by atoms with van der Waals surface area (Å²) in [5, 5.41) is 11.1. The lowest BCUT2D eigenvalue weighted by atomic mass is 9.48. The van der Waals surface area contributed by atoms with E-state index in [1.807, 2.05) is 6.08 Å². The molecule has 3 fully saturated rings. The summed E-state index contributed by atoms with van der Waals surface area (Å²) in [6.45, 7) is 4.55. The first-order chi connectivity index (χ1) is 11.4. The van der Waals surface area contributed by atoms with Crippen LogP contribution >= 0.6 is 0 Å². The highest BCUT2D eigenvalue weighted by atomic mass is 16.3. The third kappa shape index (κ3) is 2.03. The van der Waals surface area contributed by atoms with Crippen molar-refractivity contribution in [1.82, 2.24) is 0 Å². The summed E-state index contributed by atoms with van der Waals surface area (Å²) in [7, 11) is 0. The van der Waals surface area contributed by atoms with E-state index in [-0.39, 0.29) is 5.41 Å². The number of terminal acetylenes is 1. The van der Waals surface area contributed by atoms with E-state index in [9.17, 15) is 9.90 Å². The van der Waals surface area contributed by atoms with Crippen LogP contribution in [-0.4, -0.2) is 16.5 Å². The first kappa shape index (κ1) is 16.4. The van der Waals surface area contributed by atoms with Crippen molar-refractivity contribution in [3.63, 3.8) is 0 Å². The van der Waals surface area contributed by atoms with Crippen LogP contribution < -0.4 is 0 Å². The van der Waals surface area contributed by atoms with Crippen LogP contribution in [0.15, 0.2) is 11.6 Å². The maximum absolute atomic E-state index is 11.9. The van der Waals surface area contributed by atoms with Crippen LogP contribution in [0.1, 0.15) is 65.2 Å². The van der Waals surface area contributed by atoms with Crippen molar-refractivity contribution >= 4 is 5.78 Å². The van der Waals surface area contributed by atoms with E-state index in [4.69, 9.17) is 6.42 Å². The Morgan fingerprint density at radius 3 is 2.83 bits per heavy atom. The van der Waals surface area contributed by atoms with E-state index in [1.54, 1.807) is 0 Å². The molecule has 4 aliphatic carbocycles. The van der Waals surface area contributed by atoms with E-state index < -0.39 is 5.60 Å². The van der Waals surface area contributed by atoms with Crippen LogP contribution in [0.2, 0.25) is 0 Å². The van der Waals surface area contributed by atoms with Crippen molar-refractivity contribution in [2.24, 2.45) is 35.0 Å². The van der Waals surface area contributed by atoms with Gasteiger partial charge in [0.05, 0.1) is 0 Å². The van der Waals surface area contributed by atoms with E-state index in [2.05, 4.69) is 19.8 Å². The standard InChI is InChI=1S/C22H30O2/c1-4-14-12-15-13-16(23)6-7-17(15)18-8-10-21(3)19(20(14)18)9-11-22(21,24)5-2/h2,13-14,17-20,24H,4,6-12H2,1,3H3/t14-,17+,18-,19+,20-,21+,22+/m1/s1. The van der Waals surface area contributed by atoms with Gasteiger partial charge in [0.2, 0.25) is 0 Å². The Morgan fingerprint density at radius 1 is 1.33 bits per heavy atom. The smallest absolute Gasteiger partial charge is 0.155 e. The summed E-state index contributed by atoms with van der Waals surface area (Å²) in [6.07, 6.45) is 15.8. The predicted octanol–water partition coefficient (Wildman–Crippen LogP) is 4.13. The molecule has 24 heavy (non-hydrogen) atoms. The highest BCUT2D eigenvalue weighted by Gasteiger charge is 2.63. The van der Waals surface area contributed by atoms with Crippen molar-refractivity contribution in [1.29, 1.82) is 0 Å². The normalized spacial score (nSPS) is 50.3. The Morgan fingerprint density at radius 2 is 2.12 bits per heavy atom. The second-order valence-corrected chi connectivity index (χ2v) is 9.05. The Kier molecular flexibility index (Phi) is 3.73. The number of allylic oxidation sites excluding steroid dienone is 1. The molecule has 0 aromatic rings. The van der Waals surface area contributed by atoms with E-state index in [0.29, 0.717) is 35.4 Å². The molecule has 2 heteroatoms. The summed E-state index contributed by atoms with van der Waals surface area (Å²) in [5.74, 6) is 6.27. The molecule has 3 saturated carbocycles. The Labute approximate surface area is 146 Å². The van der Waals surface area contributed by atoms with Crippen molar-refractivity contribution in [3.8, 4) is 12.3 Å². The molecule has 0 radical (unpaired) electrons. The molecule has 0 spiro atoms. The van der Waals surface area contributed by atoms with Gasteiger partial charge in [-0.25, -0.2) is 0 Å². The number of carbonyl (C=O) groups excluding carboxylic acids is 1. The van der Waals surface area contributed by atoms with Crippen LogP contribution in [0.4, 0.5) is 0 Å². The van der Waals surface area contributed by atoms with E-state index in [1.165, 1.54) is 12.0 Å². The fourth-order valence-electron chi connectivity index (χ4n) is 7.05. The minimum Gasteiger partial charge on any atom is -0.377 e. The van der Waals surface area contributed by atoms with Gasteiger partial charge in [0.25, 0.3) is 0 Å². The number of fused-ring (bicyclic) bond motifs is 5. The molecule has 4 rings (SSSR count). The van der Waals surface area contributed by atoms with E-state index in [0.717, 1.165) is 44.9 Å². The maximum atomic E-state index is 11.9. The van der Waals surface area contributed by atoms with Gasteiger partial charge in [-0.05, 0) is 74.2 Å². The van der Waals surface area contributed by atoms with Crippen LogP contribution in [0, 0.1) is 47.3 Å². The highest BCUT2D eigenvalue weighted by Crippen LogP contribution is 2.66. The van der Waals surface area contributed by atoms with E-state index >= 15 is 0 Å². The second kappa shape index (κ2) is 5.46. The molecule has 0 aromatic heterocycles. The number of hydrogen-bond acceptors (Lipinski definition) is 2. The molecule has 0 heterocycles. The second-order valence-electron chi connectivity index (χ2n) is 9.05. The topological polar surface area (TPSA) is 37.3 Å². The third-order valence-electron chi connectivity index (χ3n) is 8.38. The van der Waals surface area contributed by atoms with Gasteiger partial charge in [-0.3, -0.25) is 4.79 Å². The molecule has 0 aliphatic heterocycles. The molecule has 2 nitrogen and oxygen atoms in total. The van der Waals surface area contributed by atoms with Gasteiger partial charge in [0.15, 0.2) is 5.78 Å². The summed E-state index contributed by atoms with van der Waals surface area (Å²) >= 11 is 0. The molecule has 0 bridgehead atoms. The average Bonchev–Trinajstić information content (AvgIpc) is 2.85. The Bertz CT molecular complexity index is 626. The number of rotatable bonds is 1. The molecule has 4 aliphatic rings. The molecule has 7 atom stereocenters. The monoisotopic (exact) mass is 326 g/mol. The zero-order chi connectivity index (χ0) is 17.1. The summed E-state index contributed by atoms with van der Waals surface area (Å²) < 4.78 is 0. The van der Waals surface area contributed by atoms with Crippen molar-refractivity contribution in [2.75, 3.05) is 0 Å². The largest absolute Gasteiger partial charge is 0.377 e. The van der Waals surface area contributed by atoms with Gasteiger partial charge in [-0.1, -0.05) is 31.8 Å². The lowest BCUT2D eigenvalue weighted by molar-refractivity contribution is -0.118. The van der Waals surface area contributed by atoms with Crippen LogP contribution in [0.25, 0.3) is 0 Å². The van der Waals surface area contributed by atoms with Gasteiger partial charge in [-0.2, -0.15) is 0 Å². The van der Waals surface area contributed by atoms with Crippen LogP contribution in [0.5, 0.6) is 0 Å². The fraction of sp³-hybridized carbons (Fsp3) is 0.773. The highest BCUT2D eigenvalue weighted by molar-refractivity contribution is 5.91. The summed E-state index contributed by atoms with van der Waals surface area (Å²) in [5.41, 5.74) is 0.398. The van der Waals surface area contributed by atoms with Crippen LogP contribution in [-0.2, 0) is 4.79 Å². The third-order valence-corrected chi connectivity index (χ3v) is 8.38. The van der Waals surface area contributed by atoms with Crippen LogP contribution in [0.3, 0.4) is 0 Å². The number of aliphatic hydroxyl groups is 1. The average molecular weight is 326 g/mol. The zero-order valence-corrected chi connectivity index (χ0v) is 15.1. The van der Waals surface area contributed by atoms with Gasteiger partial charge in [0, 0.05) is 11.8 Å². The van der Waals surface area contributed by atoms with Gasteiger partial charge < -0.3 is 5.11 Å². The first-order valence-corrected chi connectivity index (χ1v) is 9.87. The first-order valence-electron chi connectivity index (χ1n) is 9.87. The number of ketones is 1. The molecule has 1 N–H and O–H groups in total. The van der Waals surface area contributed by atoms with Gasteiger partial charge >= 0.3 is 0 Å². The SMILES string of the molecule is C#C[C@]1(O)CC[C@H]2[C@@H]3[C@H](CC)CC4=CC(=O)CC[C@@H]4[C@H]3CC[C@@]21C. The Hall–Kier alpha value is -1.07. The van der Waals surface area contributed by atoms with Crippen molar-refractivity contribution in [2.45, 2.75) is 70.8 Å². The number of hydrogen-bond donors (Lipinski definition) is 1. The van der Waals surface area contributed by atoms with Crippen molar-refractivity contribution in [3.05, 3.63) is 11.6 Å². The van der Waals surface area contributed by atoms with Gasteiger partial charge in [-0.15, -0.1) is 6.42 Å². The number of carbonyl (C=O) groups is 1. The molecule has 0 amide bonds. The quantitative estimate of drug-likeness (QED) is 0.736. The molecule has 130 valence electrons. The minimum absolute atomic E-state index is 0.123. The molecular weight excluding hydrogens is 296 g/mol. The van der Waals surface area contributed by atoms with Gasteiger partial charge in [0.1, 0.15) is 5.60 Å². The molecular formula is C22H30O2. The van der Waals surface area contributed by atoms with Crippen molar-refractivity contribution < 1.29 is 9.90 Å². The lowest BCUT2D eigenvalue weighted by Crippen LogP contribution is -2.54. The summed E-state index contributed by atoms with van der Waals surface area (Å²) in [4.78, 5) is 11.9. The minimum atomic E-state index is -0.917. The predicted molar refractivity (Wildman–Crippen MR) is 95.0 cm³/mol. The fourth-order valence-corrected chi connectivity index (χ4v) is 7.05. The zero-order valence-electron chi connectivity index (χ0n) is 15.1. The molecule has 0 saturated heterocycles.